The summed E-state index contributed by atoms with van der Waals surface area (Å²) >= 11 is 0. The number of aliphatic carboxylic acids is 1. The number of para-hydroxylation sites is 2. The van der Waals surface area contributed by atoms with Gasteiger partial charge in [0.15, 0.2) is 6.61 Å². The molecule has 1 heterocycles. The zero-order valence-corrected chi connectivity index (χ0v) is 8.09. The molecule has 0 bridgehead atoms. The van der Waals surface area contributed by atoms with Crippen LogP contribution in [0.4, 0.5) is 10.1 Å². The summed E-state index contributed by atoms with van der Waals surface area (Å²) in [6.07, 6.45) is -2.39. The van der Waals surface area contributed by atoms with Crippen LogP contribution in [0.3, 0.4) is 0 Å². The average molecular weight is 225 g/mol. The van der Waals surface area contributed by atoms with Crippen molar-refractivity contribution in [2.75, 3.05) is 11.5 Å². The van der Waals surface area contributed by atoms with Gasteiger partial charge in [-0.15, -0.1) is 0 Å². The highest BCUT2D eigenvalue weighted by Crippen LogP contribution is 2.33. The molecule has 0 aliphatic carbocycles. The topological polar surface area (TPSA) is 66.8 Å². The first-order valence-corrected chi connectivity index (χ1v) is 4.52. The lowest BCUT2D eigenvalue weighted by Crippen LogP contribution is -2.47. The number of halogens is 1. The zero-order valence-electron chi connectivity index (χ0n) is 8.09. The number of carboxylic acid groups (broad SMARTS) is 1. The molecule has 2 rings (SSSR count). The molecule has 1 aromatic carbocycles. The Kier molecular flexibility index (Phi) is 2.47. The summed E-state index contributed by atoms with van der Waals surface area (Å²) in [5, 5.41) is 8.57. The van der Waals surface area contributed by atoms with E-state index in [1.54, 1.807) is 18.2 Å². The van der Waals surface area contributed by atoms with E-state index in [9.17, 15) is 14.0 Å². The van der Waals surface area contributed by atoms with Crippen LogP contribution in [0.15, 0.2) is 24.3 Å². The maximum Gasteiger partial charge on any atom is 0.360 e. The van der Waals surface area contributed by atoms with E-state index in [0.717, 1.165) is 0 Å². The van der Waals surface area contributed by atoms with Crippen molar-refractivity contribution in [2.24, 2.45) is 0 Å². The molecular weight excluding hydrogens is 217 g/mol. The summed E-state index contributed by atoms with van der Waals surface area (Å²) in [4.78, 5) is 22.5. The van der Waals surface area contributed by atoms with Crippen molar-refractivity contribution < 1.29 is 23.8 Å². The number of anilines is 1. The Bertz CT molecular complexity index is 448. The molecule has 1 atom stereocenters. The lowest BCUT2D eigenvalue weighted by atomic mass is 10.2. The molecule has 0 saturated heterocycles. The molecule has 1 amide bonds. The molecule has 0 saturated carbocycles. The number of amides is 1. The van der Waals surface area contributed by atoms with Gasteiger partial charge in [-0.25, -0.2) is 9.18 Å². The largest absolute Gasteiger partial charge is 0.482 e. The molecule has 1 aliphatic heterocycles. The van der Waals surface area contributed by atoms with E-state index in [4.69, 9.17) is 9.84 Å². The van der Waals surface area contributed by atoms with Crippen molar-refractivity contribution >= 4 is 17.6 Å². The maximum absolute atomic E-state index is 13.4. The third-order valence-corrected chi connectivity index (χ3v) is 2.18. The van der Waals surface area contributed by atoms with Crippen molar-refractivity contribution in [3.8, 4) is 5.75 Å². The van der Waals surface area contributed by atoms with Gasteiger partial charge in [0.2, 0.25) is 0 Å². The summed E-state index contributed by atoms with van der Waals surface area (Å²) in [7, 11) is 0. The number of alkyl halides is 1. The quantitative estimate of drug-likeness (QED) is 0.756. The highest BCUT2D eigenvalue weighted by atomic mass is 19.1. The van der Waals surface area contributed by atoms with Gasteiger partial charge < -0.3 is 9.84 Å². The van der Waals surface area contributed by atoms with E-state index in [0.29, 0.717) is 10.6 Å². The Labute approximate surface area is 90.0 Å². The molecular formula is C10H8FNO4. The van der Waals surface area contributed by atoms with Gasteiger partial charge in [-0.1, -0.05) is 12.1 Å². The van der Waals surface area contributed by atoms with Crippen LogP contribution in [-0.4, -0.2) is 29.9 Å². The average Bonchev–Trinajstić information content (AvgIpc) is 2.28. The van der Waals surface area contributed by atoms with Crippen molar-refractivity contribution in [3.05, 3.63) is 24.3 Å². The summed E-state index contributed by atoms with van der Waals surface area (Å²) in [6.45, 7) is -0.356. The van der Waals surface area contributed by atoms with Crippen LogP contribution in [0, 0.1) is 0 Å². The molecule has 0 fully saturated rings. The molecule has 0 radical (unpaired) electrons. The van der Waals surface area contributed by atoms with Gasteiger partial charge in [0.05, 0.1) is 5.69 Å². The SMILES string of the molecule is O=C(O)C(F)N1C(=O)COc2ccccc21. The Morgan fingerprint density at radius 2 is 2.19 bits per heavy atom. The Balaban J connectivity index is 2.44. The van der Waals surface area contributed by atoms with Crippen LogP contribution < -0.4 is 9.64 Å². The number of nitrogens with zero attached hydrogens (tertiary/aromatic N) is 1. The predicted molar refractivity (Wildman–Crippen MR) is 52.0 cm³/mol. The van der Waals surface area contributed by atoms with E-state index in [2.05, 4.69) is 0 Å². The Morgan fingerprint density at radius 3 is 2.88 bits per heavy atom. The number of carboxylic acids is 1. The second-order valence-corrected chi connectivity index (χ2v) is 3.19. The number of carbonyl (C=O) groups is 2. The first-order chi connectivity index (χ1) is 7.61. The highest BCUT2D eigenvalue weighted by Gasteiger charge is 2.35. The number of benzene rings is 1. The van der Waals surface area contributed by atoms with Gasteiger partial charge in [-0.3, -0.25) is 9.69 Å². The first kappa shape index (κ1) is 10.4. The fourth-order valence-electron chi connectivity index (χ4n) is 1.48. The number of rotatable bonds is 2. The van der Waals surface area contributed by atoms with Crippen LogP contribution in [0.2, 0.25) is 0 Å². The van der Waals surface area contributed by atoms with Gasteiger partial charge >= 0.3 is 5.97 Å². The Morgan fingerprint density at radius 1 is 1.50 bits per heavy atom. The lowest BCUT2D eigenvalue weighted by molar-refractivity contribution is -0.145. The molecule has 1 unspecified atom stereocenters. The Hall–Kier alpha value is -2.11. The second-order valence-electron chi connectivity index (χ2n) is 3.19. The summed E-state index contributed by atoms with van der Waals surface area (Å²) in [6, 6.07) is 6.20. The molecule has 6 heteroatoms. The van der Waals surface area contributed by atoms with Crippen molar-refractivity contribution in [3.63, 3.8) is 0 Å². The van der Waals surface area contributed by atoms with Crippen LogP contribution >= 0.6 is 0 Å². The minimum Gasteiger partial charge on any atom is -0.482 e. The van der Waals surface area contributed by atoms with Crippen molar-refractivity contribution in [2.45, 2.75) is 6.30 Å². The smallest absolute Gasteiger partial charge is 0.360 e. The molecule has 1 aliphatic rings. The molecule has 0 spiro atoms. The number of ether oxygens (including phenoxy) is 1. The molecule has 1 N–H and O–H groups in total. The molecule has 1 aromatic rings. The van der Waals surface area contributed by atoms with Crippen LogP contribution in [0.1, 0.15) is 0 Å². The van der Waals surface area contributed by atoms with Crippen LogP contribution in [0.25, 0.3) is 0 Å². The zero-order chi connectivity index (χ0) is 11.7. The molecule has 84 valence electrons. The first-order valence-electron chi connectivity index (χ1n) is 4.52. The molecule has 5 nitrogen and oxygen atoms in total. The van der Waals surface area contributed by atoms with Crippen molar-refractivity contribution in [1.29, 1.82) is 0 Å². The van der Waals surface area contributed by atoms with Gasteiger partial charge in [-0.2, -0.15) is 0 Å². The standard InChI is InChI=1S/C10H8FNO4/c11-9(10(14)15)12-6-3-1-2-4-7(6)16-5-8(12)13/h1-4,9H,5H2,(H,14,15). The summed E-state index contributed by atoms with van der Waals surface area (Å²) in [5.74, 6) is -2.12. The minimum atomic E-state index is -2.39. The van der Waals surface area contributed by atoms with E-state index < -0.39 is 18.2 Å². The van der Waals surface area contributed by atoms with E-state index in [1.165, 1.54) is 6.07 Å². The molecule has 0 aromatic heterocycles. The van der Waals surface area contributed by atoms with E-state index >= 15 is 0 Å². The maximum atomic E-state index is 13.4. The third-order valence-electron chi connectivity index (χ3n) is 2.18. The van der Waals surface area contributed by atoms with Crippen LogP contribution in [-0.2, 0) is 9.59 Å². The van der Waals surface area contributed by atoms with Gasteiger partial charge in [0, 0.05) is 0 Å². The summed E-state index contributed by atoms with van der Waals surface area (Å²) < 4.78 is 18.4. The van der Waals surface area contributed by atoms with Gasteiger partial charge in [-0.05, 0) is 12.1 Å². The van der Waals surface area contributed by atoms with Crippen molar-refractivity contribution in [1.82, 2.24) is 0 Å². The van der Waals surface area contributed by atoms with E-state index in [1.807, 2.05) is 0 Å². The van der Waals surface area contributed by atoms with Crippen LogP contribution in [0.5, 0.6) is 5.75 Å². The third kappa shape index (κ3) is 1.58. The van der Waals surface area contributed by atoms with Gasteiger partial charge in [0.25, 0.3) is 12.2 Å². The lowest BCUT2D eigenvalue weighted by Gasteiger charge is -2.29. The monoisotopic (exact) mass is 225 g/mol. The van der Waals surface area contributed by atoms with E-state index in [-0.39, 0.29) is 12.3 Å². The number of hydrogen-bond donors (Lipinski definition) is 1. The van der Waals surface area contributed by atoms with Gasteiger partial charge in [0.1, 0.15) is 5.75 Å². The number of carbonyl (C=O) groups excluding carboxylic acids is 1. The minimum absolute atomic E-state index is 0.133. The second kappa shape index (κ2) is 3.80. The predicted octanol–water partition coefficient (Wildman–Crippen LogP) is 0.792. The normalized spacial score (nSPS) is 16.3. The number of fused-ring (bicyclic) bond motifs is 1. The fraction of sp³-hybridized carbons (Fsp3) is 0.200. The fourth-order valence-corrected chi connectivity index (χ4v) is 1.48. The molecule has 16 heavy (non-hydrogen) atoms. The summed E-state index contributed by atoms with van der Waals surface area (Å²) in [5.41, 5.74) is 0.133. The highest BCUT2D eigenvalue weighted by molar-refractivity contribution is 6.01. The number of hydrogen-bond acceptors (Lipinski definition) is 3.